The predicted octanol–water partition coefficient (Wildman–Crippen LogP) is 3.15. The number of nitrogens with zero attached hydrogens (tertiary/aromatic N) is 4. The molecule has 0 radical (unpaired) electrons. The average Bonchev–Trinajstić information content (AvgIpc) is 3.14. The molecule has 1 aliphatic heterocycles. The molecule has 0 amide bonds. The van der Waals surface area contributed by atoms with E-state index >= 15 is 0 Å². The maximum absolute atomic E-state index is 11.7. The van der Waals surface area contributed by atoms with Gasteiger partial charge < -0.3 is 9.64 Å². The zero-order chi connectivity index (χ0) is 18.7. The number of methoxy groups -OCH3 is 1. The van der Waals surface area contributed by atoms with E-state index in [1.54, 1.807) is 6.20 Å². The number of hydrogen-bond acceptors (Lipinski definition) is 6. The van der Waals surface area contributed by atoms with E-state index in [0.717, 1.165) is 19.4 Å². The molecule has 0 bridgehead atoms. The summed E-state index contributed by atoms with van der Waals surface area (Å²) < 4.78 is 6.54. The van der Waals surface area contributed by atoms with Crippen LogP contribution in [0.15, 0.2) is 30.6 Å². The molecule has 0 spiro atoms. The second-order valence-electron chi connectivity index (χ2n) is 6.23. The van der Waals surface area contributed by atoms with Crippen LogP contribution in [0.5, 0.6) is 0 Å². The molecule has 0 atom stereocenters. The minimum Gasteiger partial charge on any atom is -0.465 e. The van der Waals surface area contributed by atoms with Crippen molar-refractivity contribution < 1.29 is 14.5 Å². The van der Waals surface area contributed by atoms with Crippen LogP contribution in [-0.2, 0) is 11.3 Å². The van der Waals surface area contributed by atoms with Crippen LogP contribution in [0.1, 0.15) is 23.2 Å². The first kappa shape index (κ1) is 18.2. The number of aromatic nitrogens is 2. The summed E-state index contributed by atoms with van der Waals surface area (Å²) >= 11 is 6.16. The number of benzene rings is 1. The molecule has 1 aromatic carbocycles. The standard InChI is InChI=1S/C17H19ClN4O4/c1-26-17(23)13-9-16(22(24)25)15(10-14(13)18)20-7-3-12(4-8-20)11-21-6-2-5-19-21/h2,5-6,9-10,12H,3-4,7-8,11H2,1H3. The van der Waals surface area contributed by atoms with Gasteiger partial charge in [-0.25, -0.2) is 4.79 Å². The van der Waals surface area contributed by atoms with E-state index < -0.39 is 10.9 Å². The fraction of sp³-hybridized carbons (Fsp3) is 0.412. The summed E-state index contributed by atoms with van der Waals surface area (Å²) in [6.45, 7) is 2.20. The number of esters is 1. The third-order valence-corrected chi connectivity index (χ3v) is 4.94. The zero-order valence-corrected chi connectivity index (χ0v) is 15.1. The molecule has 1 aliphatic rings. The SMILES string of the molecule is COC(=O)c1cc([N+](=O)[O-])c(N2CCC(Cn3cccn3)CC2)cc1Cl. The number of nitro groups is 1. The molecule has 0 aliphatic carbocycles. The Hall–Kier alpha value is -2.61. The van der Waals surface area contributed by atoms with Crippen molar-refractivity contribution in [2.45, 2.75) is 19.4 Å². The van der Waals surface area contributed by atoms with Crippen molar-refractivity contribution in [1.29, 1.82) is 0 Å². The van der Waals surface area contributed by atoms with Gasteiger partial charge in [0.05, 0.1) is 22.6 Å². The van der Waals surface area contributed by atoms with Crippen molar-refractivity contribution in [2.24, 2.45) is 5.92 Å². The number of halogens is 1. The monoisotopic (exact) mass is 378 g/mol. The summed E-state index contributed by atoms with van der Waals surface area (Å²) in [5.74, 6) is -0.224. The van der Waals surface area contributed by atoms with Gasteiger partial charge in [0, 0.05) is 38.1 Å². The van der Waals surface area contributed by atoms with Crippen molar-refractivity contribution >= 4 is 28.9 Å². The summed E-state index contributed by atoms with van der Waals surface area (Å²) in [4.78, 5) is 24.7. The molecule has 2 aromatic rings. The fourth-order valence-corrected chi connectivity index (χ4v) is 3.48. The number of hydrogen-bond donors (Lipinski definition) is 0. The Morgan fingerprint density at radius 2 is 2.15 bits per heavy atom. The van der Waals surface area contributed by atoms with E-state index in [4.69, 9.17) is 11.6 Å². The van der Waals surface area contributed by atoms with E-state index in [0.29, 0.717) is 24.7 Å². The van der Waals surface area contributed by atoms with Gasteiger partial charge in [0.1, 0.15) is 5.69 Å². The Kier molecular flexibility index (Phi) is 5.41. The third-order valence-electron chi connectivity index (χ3n) is 4.63. The normalized spacial score (nSPS) is 15.1. The Labute approximate surface area is 155 Å². The lowest BCUT2D eigenvalue weighted by atomic mass is 9.96. The number of ether oxygens (including phenoxy) is 1. The molecule has 1 aromatic heterocycles. The Morgan fingerprint density at radius 1 is 1.42 bits per heavy atom. The van der Waals surface area contributed by atoms with E-state index in [1.807, 2.05) is 21.8 Å². The third kappa shape index (κ3) is 3.80. The minimum atomic E-state index is -0.692. The van der Waals surface area contributed by atoms with Gasteiger partial charge in [0.15, 0.2) is 0 Å². The van der Waals surface area contributed by atoms with Crippen LogP contribution in [0.4, 0.5) is 11.4 Å². The molecule has 26 heavy (non-hydrogen) atoms. The predicted molar refractivity (Wildman–Crippen MR) is 96.6 cm³/mol. The van der Waals surface area contributed by atoms with Crippen LogP contribution in [-0.4, -0.2) is 40.9 Å². The molecular formula is C17H19ClN4O4. The molecule has 0 saturated carbocycles. The van der Waals surface area contributed by atoms with Crippen molar-refractivity contribution in [1.82, 2.24) is 9.78 Å². The number of nitro benzene ring substituents is 1. The molecule has 0 N–H and O–H groups in total. The second kappa shape index (κ2) is 7.74. The van der Waals surface area contributed by atoms with Gasteiger partial charge in [0.2, 0.25) is 0 Å². The highest BCUT2D eigenvalue weighted by atomic mass is 35.5. The summed E-state index contributed by atoms with van der Waals surface area (Å²) in [6.07, 6.45) is 5.48. The molecule has 1 fully saturated rings. The Morgan fingerprint density at radius 3 is 2.73 bits per heavy atom. The first-order chi connectivity index (χ1) is 12.5. The lowest BCUT2D eigenvalue weighted by Crippen LogP contribution is -2.35. The molecule has 8 nitrogen and oxygen atoms in total. The van der Waals surface area contributed by atoms with Crippen molar-refractivity contribution in [3.63, 3.8) is 0 Å². The van der Waals surface area contributed by atoms with E-state index in [-0.39, 0.29) is 16.3 Å². The quantitative estimate of drug-likeness (QED) is 0.451. The van der Waals surface area contributed by atoms with Crippen LogP contribution < -0.4 is 4.90 Å². The van der Waals surface area contributed by atoms with Gasteiger partial charge in [-0.05, 0) is 30.9 Å². The summed E-state index contributed by atoms with van der Waals surface area (Å²) in [5.41, 5.74) is 0.295. The number of anilines is 1. The molecule has 138 valence electrons. The largest absolute Gasteiger partial charge is 0.465 e. The van der Waals surface area contributed by atoms with Crippen molar-refractivity contribution in [3.05, 3.63) is 51.3 Å². The van der Waals surface area contributed by atoms with Gasteiger partial charge in [-0.1, -0.05) is 11.6 Å². The molecule has 0 unspecified atom stereocenters. The van der Waals surface area contributed by atoms with Crippen LogP contribution >= 0.6 is 11.6 Å². The molecule has 3 rings (SSSR count). The number of piperidine rings is 1. The lowest BCUT2D eigenvalue weighted by Gasteiger charge is -2.33. The van der Waals surface area contributed by atoms with Gasteiger partial charge >= 0.3 is 5.97 Å². The first-order valence-corrected chi connectivity index (χ1v) is 8.66. The highest BCUT2D eigenvalue weighted by Crippen LogP contribution is 2.36. The van der Waals surface area contributed by atoms with Crippen molar-refractivity contribution in [3.8, 4) is 0 Å². The maximum atomic E-state index is 11.7. The maximum Gasteiger partial charge on any atom is 0.339 e. The molecule has 1 saturated heterocycles. The van der Waals surface area contributed by atoms with Gasteiger partial charge in [0.25, 0.3) is 5.69 Å². The molecular weight excluding hydrogens is 360 g/mol. The van der Waals surface area contributed by atoms with Gasteiger partial charge in [-0.2, -0.15) is 5.10 Å². The summed E-state index contributed by atoms with van der Waals surface area (Å²) in [7, 11) is 1.21. The van der Waals surface area contributed by atoms with Gasteiger partial charge in [-0.15, -0.1) is 0 Å². The number of carbonyl (C=O) groups is 1. The second-order valence-corrected chi connectivity index (χ2v) is 6.64. The fourth-order valence-electron chi connectivity index (χ4n) is 3.25. The molecule has 9 heteroatoms. The van der Waals surface area contributed by atoms with E-state index in [9.17, 15) is 14.9 Å². The van der Waals surface area contributed by atoms with E-state index in [2.05, 4.69) is 9.84 Å². The van der Waals surface area contributed by atoms with Crippen LogP contribution in [0.2, 0.25) is 5.02 Å². The van der Waals surface area contributed by atoms with Crippen LogP contribution in [0.25, 0.3) is 0 Å². The summed E-state index contributed by atoms with van der Waals surface area (Å²) in [5, 5.41) is 15.9. The van der Waals surface area contributed by atoms with Crippen LogP contribution in [0.3, 0.4) is 0 Å². The molecule has 2 heterocycles. The first-order valence-electron chi connectivity index (χ1n) is 8.28. The topological polar surface area (TPSA) is 90.5 Å². The lowest BCUT2D eigenvalue weighted by molar-refractivity contribution is -0.384. The Bertz CT molecular complexity index is 801. The van der Waals surface area contributed by atoms with Crippen LogP contribution in [0, 0.1) is 16.0 Å². The average molecular weight is 379 g/mol. The number of carbonyl (C=O) groups excluding carboxylic acids is 1. The highest BCUT2D eigenvalue weighted by molar-refractivity contribution is 6.34. The van der Waals surface area contributed by atoms with E-state index in [1.165, 1.54) is 19.2 Å². The smallest absolute Gasteiger partial charge is 0.339 e. The Balaban J connectivity index is 1.78. The summed E-state index contributed by atoms with van der Waals surface area (Å²) in [6, 6.07) is 4.57. The minimum absolute atomic E-state index is 0.00168. The number of rotatable bonds is 5. The van der Waals surface area contributed by atoms with Gasteiger partial charge in [-0.3, -0.25) is 14.8 Å². The van der Waals surface area contributed by atoms with Crippen molar-refractivity contribution in [2.75, 3.05) is 25.1 Å². The highest BCUT2D eigenvalue weighted by Gasteiger charge is 2.28. The zero-order valence-electron chi connectivity index (χ0n) is 14.3.